The molecule has 0 aromatic carbocycles. The van der Waals surface area contributed by atoms with E-state index in [1.807, 2.05) is 39.0 Å². The fraction of sp³-hybridized carbons (Fsp3) is 0.652. The van der Waals surface area contributed by atoms with E-state index in [0.717, 1.165) is 44.1 Å². The molecule has 142 valence electrons. The highest BCUT2D eigenvalue weighted by Crippen LogP contribution is 2.29. The lowest BCUT2D eigenvalue weighted by Gasteiger charge is -2.24. The molecule has 0 saturated heterocycles. The van der Waals surface area contributed by atoms with Gasteiger partial charge in [0.2, 0.25) is 0 Å². The average Bonchev–Trinajstić information content (AvgIpc) is 2.58. The number of rotatable bonds is 15. The number of hydrogen-bond donors (Lipinski definition) is 0. The minimum Gasteiger partial charge on any atom is -0.300 e. The molecule has 0 aliphatic heterocycles. The Balaban J connectivity index is 4.29. The van der Waals surface area contributed by atoms with Gasteiger partial charge in [-0.2, -0.15) is 0 Å². The Kier molecular flexibility index (Phi) is 13.0. The summed E-state index contributed by atoms with van der Waals surface area (Å²) < 4.78 is 0. The van der Waals surface area contributed by atoms with Crippen LogP contribution < -0.4 is 0 Å². The summed E-state index contributed by atoms with van der Waals surface area (Å²) in [6.45, 7) is 11.9. The van der Waals surface area contributed by atoms with Crippen LogP contribution in [0, 0.1) is 5.41 Å². The van der Waals surface area contributed by atoms with Crippen molar-refractivity contribution in [1.29, 1.82) is 0 Å². The lowest BCUT2D eigenvalue weighted by molar-refractivity contribution is -0.123. The van der Waals surface area contributed by atoms with Gasteiger partial charge in [-0.1, -0.05) is 77.3 Å². The Morgan fingerprint density at radius 3 is 2.20 bits per heavy atom. The third-order valence-corrected chi connectivity index (χ3v) is 4.62. The second-order valence-corrected chi connectivity index (χ2v) is 7.47. The van der Waals surface area contributed by atoms with Gasteiger partial charge in [-0.25, -0.2) is 0 Å². The van der Waals surface area contributed by atoms with Crippen molar-refractivity contribution in [1.82, 2.24) is 0 Å². The first-order valence-electron chi connectivity index (χ1n) is 9.88. The normalized spacial score (nSPS) is 12.6. The highest BCUT2D eigenvalue weighted by atomic mass is 16.1. The van der Waals surface area contributed by atoms with E-state index in [0.29, 0.717) is 18.6 Å². The molecule has 2 heteroatoms. The van der Waals surface area contributed by atoms with Crippen molar-refractivity contribution in [2.24, 2.45) is 5.41 Å². The van der Waals surface area contributed by atoms with Crippen molar-refractivity contribution in [3.63, 3.8) is 0 Å². The molecule has 2 nitrogen and oxygen atoms in total. The van der Waals surface area contributed by atoms with Crippen molar-refractivity contribution in [3.05, 3.63) is 36.5 Å². The van der Waals surface area contributed by atoms with Crippen molar-refractivity contribution in [3.8, 4) is 0 Å². The number of unbranched alkanes of at least 4 members (excludes halogenated alkanes) is 4. The van der Waals surface area contributed by atoms with E-state index in [1.165, 1.54) is 12.8 Å². The van der Waals surface area contributed by atoms with Crippen molar-refractivity contribution < 1.29 is 9.59 Å². The van der Waals surface area contributed by atoms with E-state index in [4.69, 9.17) is 0 Å². The van der Waals surface area contributed by atoms with Crippen molar-refractivity contribution >= 4 is 11.6 Å². The number of carbonyl (C=O) groups excluding carboxylic acids is 2. The molecule has 0 unspecified atom stereocenters. The molecule has 0 spiro atoms. The van der Waals surface area contributed by atoms with Crippen LogP contribution in [0.3, 0.4) is 0 Å². The largest absolute Gasteiger partial charge is 0.300 e. The van der Waals surface area contributed by atoms with E-state index in [-0.39, 0.29) is 11.2 Å². The molecule has 0 bridgehead atoms. The molecule has 25 heavy (non-hydrogen) atoms. The van der Waals surface area contributed by atoms with Crippen LogP contribution in [0.5, 0.6) is 0 Å². The van der Waals surface area contributed by atoms with Gasteiger partial charge in [0.25, 0.3) is 0 Å². The summed E-state index contributed by atoms with van der Waals surface area (Å²) >= 11 is 0. The van der Waals surface area contributed by atoms with Gasteiger partial charge in [-0.15, -0.1) is 0 Å². The molecule has 0 saturated carbocycles. The topological polar surface area (TPSA) is 34.1 Å². The molecule has 0 N–H and O–H groups in total. The second kappa shape index (κ2) is 13.8. The molecule has 0 amide bonds. The lowest BCUT2D eigenvalue weighted by Crippen LogP contribution is -2.26. The van der Waals surface area contributed by atoms with Gasteiger partial charge in [0.15, 0.2) is 5.78 Å². The molecule has 0 rings (SSSR count). The number of Topliss-reactive ketones (excluding diaryl/α,β-unsaturated/α-hetero) is 2. The van der Waals surface area contributed by atoms with Crippen molar-refractivity contribution in [2.45, 2.75) is 91.9 Å². The Labute approximate surface area is 155 Å². The minimum absolute atomic E-state index is 0.191. The Morgan fingerprint density at radius 1 is 1.00 bits per heavy atom. The van der Waals surface area contributed by atoms with Crippen LogP contribution in [0.2, 0.25) is 0 Å². The van der Waals surface area contributed by atoms with E-state index in [9.17, 15) is 9.59 Å². The summed E-state index contributed by atoms with van der Waals surface area (Å²) in [6, 6.07) is 0. The molecule has 0 heterocycles. The molecule has 0 atom stereocenters. The van der Waals surface area contributed by atoms with Crippen LogP contribution in [0.4, 0.5) is 0 Å². The third kappa shape index (κ3) is 10.9. The molecular weight excluding hydrogens is 308 g/mol. The lowest BCUT2D eigenvalue weighted by atomic mass is 9.78. The number of allylic oxidation sites excluding steroid dienone is 5. The van der Waals surface area contributed by atoms with Crippen LogP contribution in [0.1, 0.15) is 91.9 Å². The van der Waals surface area contributed by atoms with Crippen LogP contribution in [-0.4, -0.2) is 11.6 Å². The fourth-order valence-corrected chi connectivity index (χ4v) is 2.93. The van der Waals surface area contributed by atoms with Crippen LogP contribution in [-0.2, 0) is 9.59 Å². The van der Waals surface area contributed by atoms with Crippen LogP contribution in [0.25, 0.3) is 0 Å². The van der Waals surface area contributed by atoms with E-state index in [2.05, 4.69) is 13.5 Å². The maximum absolute atomic E-state index is 12.8. The smallest absolute Gasteiger partial charge is 0.164 e. The van der Waals surface area contributed by atoms with Gasteiger partial charge in [0, 0.05) is 18.3 Å². The summed E-state index contributed by atoms with van der Waals surface area (Å²) in [7, 11) is 0. The highest BCUT2D eigenvalue weighted by Gasteiger charge is 2.28. The standard InChI is InChI=1S/C23H38O2/c1-6-9-11-12-17-21(24)18-13-14-19-23(4,5)22(25)20(15-8-3)16-10-7-2/h7-8,10,15H,3,6,9,11-14,16-19H2,1-2,4-5H3/b10-7-,20-15+. The summed E-state index contributed by atoms with van der Waals surface area (Å²) in [5.41, 5.74) is 0.422. The molecule has 0 fully saturated rings. The molecule has 0 radical (unpaired) electrons. The van der Waals surface area contributed by atoms with E-state index < -0.39 is 0 Å². The summed E-state index contributed by atoms with van der Waals surface area (Å²) in [5.74, 6) is 0.567. The number of carbonyl (C=O) groups is 2. The predicted octanol–water partition coefficient (Wildman–Crippen LogP) is 6.76. The summed E-state index contributed by atoms with van der Waals surface area (Å²) in [5, 5.41) is 0. The Morgan fingerprint density at radius 2 is 1.64 bits per heavy atom. The first kappa shape index (κ1) is 23.6. The Bertz CT molecular complexity index is 466. The Hall–Kier alpha value is -1.44. The number of ketones is 2. The van der Waals surface area contributed by atoms with E-state index >= 15 is 0 Å². The maximum atomic E-state index is 12.8. The second-order valence-electron chi connectivity index (χ2n) is 7.47. The zero-order chi connectivity index (χ0) is 19.1. The molecule has 0 aromatic heterocycles. The van der Waals surface area contributed by atoms with Crippen LogP contribution >= 0.6 is 0 Å². The van der Waals surface area contributed by atoms with Crippen LogP contribution in [0.15, 0.2) is 36.5 Å². The minimum atomic E-state index is -0.388. The summed E-state index contributed by atoms with van der Waals surface area (Å²) in [4.78, 5) is 24.7. The van der Waals surface area contributed by atoms with Gasteiger partial charge >= 0.3 is 0 Å². The highest BCUT2D eigenvalue weighted by molar-refractivity contribution is 5.99. The average molecular weight is 347 g/mol. The van der Waals surface area contributed by atoms with Gasteiger partial charge in [0.1, 0.15) is 5.78 Å². The number of hydrogen-bond acceptors (Lipinski definition) is 2. The zero-order valence-electron chi connectivity index (χ0n) is 16.9. The first-order chi connectivity index (χ1) is 11.9. The quantitative estimate of drug-likeness (QED) is 0.142. The molecule has 0 aliphatic rings. The molecule has 0 aromatic rings. The molecular formula is C23H38O2. The predicted molar refractivity (Wildman–Crippen MR) is 109 cm³/mol. The van der Waals surface area contributed by atoms with Crippen molar-refractivity contribution in [2.75, 3.05) is 0 Å². The van der Waals surface area contributed by atoms with Gasteiger partial charge < -0.3 is 0 Å². The van der Waals surface area contributed by atoms with Gasteiger partial charge in [0.05, 0.1) is 0 Å². The fourth-order valence-electron chi connectivity index (χ4n) is 2.93. The molecule has 0 aliphatic carbocycles. The zero-order valence-corrected chi connectivity index (χ0v) is 16.9. The summed E-state index contributed by atoms with van der Waals surface area (Å²) in [6.07, 6.45) is 16.7. The monoisotopic (exact) mass is 346 g/mol. The maximum Gasteiger partial charge on any atom is 0.164 e. The van der Waals surface area contributed by atoms with E-state index in [1.54, 1.807) is 6.08 Å². The first-order valence-corrected chi connectivity index (χ1v) is 9.88. The van der Waals surface area contributed by atoms with Gasteiger partial charge in [-0.05, 0) is 38.2 Å². The van der Waals surface area contributed by atoms with Gasteiger partial charge in [-0.3, -0.25) is 9.59 Å². The third-order valence-electron chi connectivity index (χ3n) is 4.62. The SMILES string of the molecule is C=C/C=C(\C/C=C\C)C(=O)C(C)(C)CCCCC(=O)CCCCCC.